The van der Waals surface area contributed by atoms with Crippen LogP contribution in [0.1, 0.15) is 44.0 Å². The minimum Gasteiger partial charge on any atom is -0.488 e. The van der Waals surface area contributed by atoms with Crippen LogP contribution in [0.3, 0.4) is 0 Å². The zero-order valence-corrected chi connectivity index (χ0v) is 14.4. The smallest absolute Gasteiger partial charge is 0.309 e. The van der Waals surface area contributed by atoms with Crippen LogP contribution in [-0.2, 0) is 9.53 Å². The van der Waals surface area contributed by atoms with Crippen LogP contribution in [0.2, 0.25) is 0 Å². The summed E-state index contributed by atoms with van der Waals surface area (Å²) in [6.45, 7) is 6.70. The number of nitrogens with zero attached hydrogens (tertiary/aromatic N) is 1. The van der Waals surface area contributed by atoms with E-state index in [1.54, 1.807) is 17.9 Å². The van der Waals surface area contributed by atoms with Crippen LogP contribution in [0.4, 0.5) is 4.39 Å². The lowest BCUT2D eigenvalue weighted by atomic mass is 9.96. The number of likely N-dealkylation sites (tertiary alicyclic amines) is 1. The SMILES string of the molecule is CCOC(=O)C1CCN(C(=O)c2ccc(OC(C)C)c(F)c2)CC1. The summed E-state index contributed by atoms with van der Waals surface area (Å²) in [5, 5.41) is 0. The summed E-state index contributed by atoms with van der Waals surface area (Å²) in [4.78, 5) is 25.9. The van der Waals surface area contributed by atoms with Crippen LogP contribution in [0.5, 0.6) is 5.75 Å². The second-order valence-electron chi connectivity index (χ2n) is 6.13. The highest BCUT2D eigenvalue weighted by Crippen LogP contribution is 2.23. The molecule has 0 unspecified atom stereocenters. The van der Waals surface area contributed by atoms with Gasteiger partial charge in [0.1, 0.15) is 0 Å². The van der Waals surface area contributed by atoms with Crippen molar-refractivity contribution < 1.29 is 23.5 Å². The predicted molar refractivity (Wildman–Crippen MR) is 87.4 cm³/mol. The fraction of sp³-hybridized carbons (Fsp3) is 0.556. The summed E-state index contributed by atoms with van der Waals surface area (Å²) < 4.78 is 24.4. The molecule has 1 aliphatic heterocycles. The van der Waals surface area contributed by atoms with Crippen molar-refractivity contribution in [1.29, 1.82) is 0 Å². The number of halogens is 1. The van der Waals surface area contributed by atoms with Gasteiger partial charge in [0.15, 0.2) is 11.6 Å². The first-order chi connectivity index (χ1) is 11.4. The van der Waals surface area contributed by atoms with Gasteiger partial charge in [-0.2, -0.15) is 0 Å². The highest BCUT2D eigenvalue weighted by molar-refractivity contribution is 5.94. The van der Waals surface area contributed by atoms with Gasteiger partial charge in [-0.05, 0) is 51.8 Å². The largest absolute Gasteiger partial charge is 0.488 e. The average Bonchev–Trinajstić information content (AvgIpc) is 2.56. The summed E-state index contributed by atoms with van der Waals surface area (Å²) in [7, 11) is 0. The molecule has 1 saturated heterocycles. The maximum atomic E-state index is 14.0. The first-order valence-electron chi connectivity index (χ1n) is 8.34. The number of amides is 1. The molecular formula is C18H24FNO4. The van der Waals surface area contributed by atoms with E-state index in [1.165, 1.54) is 12.1 Å². The molecule has 132 valence electrons. The molecule has 6 heteroatoms. The van der Waals surface area contributed by atoms with E-state index >= 15 is 0 Å². The summed E-state index contributed by atoms with van der Waals surface area (Å²) in [5.41, 5.74) is 0.290. The van der Waals surface area contributed by atoms with Gasteiger partial charge in [-0.1, -0.05) is 0 Å². The monoisotopic (exact) mass is 337 g/mol. The third kappa shape index (κ3) is 4.46. The number of benzene rings is 1. The average molecular weight is 337 g/mol. The number of carbonyl (C=O) groups excluding carboxylic acids is 2. The van der Waals surface area contributed by atoms with E-state index in [2.05, 4.69) is 0 Å². The Bertz CT molecular complexity index is 595. The highest BCUT2D eigenvalue weighted by atomic mass is 19.1. The van der Waals surface area contributed by atoms with Crippen molar-refractivity contribution >= 4 is 11.9 Å². The Hall–Kier alpha value is -2.11. The number of esters is 1. The van der Waals surface area contributed by atoms with Gasteiger partial charge in [-0.15, -0.1) is 0 Å². The first-order valence-corrected chi connectivity index (χ1v) is 8.34. The number of rotatable bonds is 5. The zero-order valence-electron chi connectivity index (χ0n) is 14.4. The van der Waals surface area contributed by atoms with Crippen LogP contribution in [0.25, 0.3) is 0 Å². The van der Waals surface area contributed by atoms with E-state index in [0.717, 1.165) is 0 Å². The van der Waals surface area contributed by atoms with E-state index in [9.17, 15) is 14.0 Å². The minimum atomic E-state index is -0.545. The first kappa shape index (κ1) is 18.2. The minimum absolute atomic E-state index is 0.136. The Balaban J connectivity index is 1.98. The number of hydrogen-bond donors (Lipinski definition) is 0. The Labute approximate surface area is 141 Å². The Kier molecular flexibility index (Phi) is 6.17. The molecule has 1 aliphatic rings. The second kappa shape index (κ2) is 8.13. The molecular weight excluding hydrogens is 313 g/mol. The molecule has 1 aromatic carbocycles. The zero-order chi connectivity index (χ0) is 17.7. The summed E-state index contributed by atoms with van der Waals surface area (Å²) in [5.74, 6) is -0.996. The van der Waals surface area contributed by atoms with Gasteiger partial charge in [-0.25, -0.2) is 4.39 Å². The highest BCUT2D eigenvalue weighted by Gasteiger charge is 2.28. The normalized spacial score (nSPS) is 15.5. The Morgan fingerprint density at radius 1 is 1.29 bits per heavy atom. The molecule has 0 radical (unpaired) electrons. The topological polar surface area (TPSA) is 55.8 Å². The van der Waals surface area contributed by atoms with Crippen molar-refractivity contribution in [1.82, 2.24) is 4.90 Å². The molecule has 0 aromatic heterocycles. The summed E-state index contributed by atoms with van der Waals surface area (Å²) in [6, 6.07) is 4.26. The third-order valence-corrected chi connectivity index (χ3v) is 3.94. The standard InChI is InChI=1S/C18H24FNO4/c1-4-23-18(22)13-7-9-20(10-8-13)17(21)14-5-6-16(15(19)11-14)24-12(2)3/h5-6,11-13H,4,7-10H2,1-3H3. The van der Waals surface area contributed by atoms with Crippen LogP contribution in [0, 0.1) is 11.7 Å². The quantitative estimate of drug-likeness (QED) is 0.775. The number of carbonyl (C=O) groups is 2. The van der Waals surface area contributed by atoms with E-state index in [1.807, 2.05) is 13.8 Å². The molecule has 1 amide bonds. The Morgan fingerprint density at radius 2 is 1.96 bits per heavy atom. The number of hydrogen-bond acceptors (Lipinski definition) is 4. The van der Waals surface area contributed by atoms with Crippen LogP contribution < -0.4 is 4.74 Å². The van der Waals surface area contributed by atoms with E-state index in [0.29, 0.717) is 32.5 Å². The molecule has 0 aliphatic carbocycles. The van der Waals surface area contributed by atoms with Gasteiger partial charge in [0, 0.05) is 18.7 Å². The number of ether oxygens (including phenoxy) is 2. The van der Waals surface area contributed by atoms with Gasteiger partial charge >= 0.3 is 5.97 Å². The molecule has 0 spiro atoms. The molecule has 1 heterocycles. The third-order valence-electron chi connectivity index (χ3n) is 3.94. The van der Waals surface area contributed by atoms with Crippen molar-refractivity contribution in [3.63, 3.8) is 0 Å². The maximum absolute atomic E-state index is 14.0. The van der Waals surface area contributed by atoms with Crippen LogP contribution in [0.15, 0.2) is 18.2 Å². The van der Waals surface area contributed by atoms with Gasteiger partial charge in [0.25, 0.3) is 5.91 Å². The summed E-state index contributed by atoms with van der Waals surface area (Å²) in [6.07, 6.45) is 1.01. The van der Waals surface area contributed by atoms with Gasteiger partial charge in [0.05, 0.1) is 18.6 Å². The molecule has 5 nitrogen and oxygen atoms in total. The summed E-state index contributed by atoms with van der Waals surface area (Å²) >= 11 is 0. The van der Waals surface area contributed by atoms with Gasteiger partial charge in [0.2, 0.25) is 0 Å². The predicted octanol–water partition coefficient (Wildman–Crippen LogP) is 3.03. The fourth-order valence-electron chi connectivity index (χ4n) is 2.74. The molecule has 1 fully saturated rings. The molecule has 2 rings (SSSR count). The fourth-order valence-corrected chi connectivity index (χ4v) is 2.74. The van der Waals surface area contributed by atoms with Crippen molar-refractivity contribution in [2.24, 2.45) is 5.92 Å². The van der Waals surface area contributed by atoms with E-state index in [4.69, 9.17) is 9.47 Å². The molecule has 24 heavy (non-hydrogen) atoms. The lowest BCUT2D eigenvalue weighted by molar-refractivity contribution is -0.149. The van der Waals surface area contributed by atoms with Gasteiger partial charge in [-0.3, -0.25) is 9.59 Å². The van der Waals surface area contributed by atoms with E-state index in [-0.39, 0.29) is 35.2 Å². The molecule has 0 saturated carbocycles. The molecule has 1 aromatic rings. The van der Waals surface area contributed by atoms with Crippen molar-refractivity contribution in [2.75, 3.05) is 19.7 Å². The van der Waals surface area contributed by atoms with Crippen LogP contribution >= 0.6 is 0 Å². The van der Waals surface area contributed by atoms with E-state index < -0.39 is 5.82 Å². The molecule has 0 bridgehead atoms. The lowest BCUT2D eigenvalue weighted by Gasteiger charge is -2.31. The Morgan fingerprint density at radius 3 is 2.50 bits per heavy atom. The number of piperidine rings is 1. The lowest BCUT2D eigenvalue weighted by Crippen LogP contribution is -2.40. The van der Waals surface area contributed by atoms with Crippen LogP contribution in [-0.4, -0.2) is 42.6 Å². The van der Waals surface area contributed by atoms with Crippen molar-refractivity contribution in [2.45, 2.75) is 39.7 Å². The van der Waals surface area contributed by atoms with Crippen molar-refractivity contribution in [3.05, 3.63) is 29.6 Å². The second-order valence-corrected chi connectivity index (χ2v) is 6.13. The molecule has 0 N–H and O–H groups in total. The maximum Gasteiger partial charge on any atom is 0.309 e. The molecule has 0 atom stereocenters. The van der Waals surface area contributed by atoms with Crippen molar-refractivity contribution in [3.8, 4) is 5.75 Å². The van der Waals surface area contributed by atoms with Gasteiger partial charge < -0.3 is 14.4 Å².